The quantitative estimate of drug-likeness (QED) is 0.759. The summed E-state index contributed by atoms with van der Waals surface area (Å²) in [5.41, 5.74) is 5.03. The van der Waals surface area contributed by atoms with Crippen LogP contribution >= 0.6 is 11.6 Å². The van der Waals surface area contributed by atoms with Crippen LogP contribution in [-0.4, -0.2) is 4.98 Å². The first-order chi connectivity index (χ1) is 10.3. The van der Waals surface area contributed by atoms with Gasteiger partial charge in [0.05, 0.1) is 6.04 Å². The lowest BCUT2D eigenvalue weighted by molar-refractivity contribution is 0.425. The van der Waals surface area contributed by atoms with Gasteiger partial charge in [-0.15, -0.1) is 0 Å². The Morgan fingerprint density at radius 2 is 2.00 bits per heavy atom. The number of anilines is 1. The molecule has 1 aromatic carbocycles. The predicted molar refractivity (Wildman–Crippen MR) is 86.8 cm³/mol. The summed E-state index contributed by atoms with van der Waals surface area (Å²) in [6, 6.07) is 8.65. The number of halogens is 1. The lowest BCUT2D eigenvalue weighted by Crippen LogP contribution is -2.29. The number of fused-ring (bicyclic) bond motifs is 3. The Balaban J connectivity index is 1.86. The second-order valence-electron chi connectivity index (χ2n) is 5.91. The zero-order chi connectivity index (χ0) is 14.4. The van der Waals surface area contributed by atoms with Gasteiger partial charge in [0.15, 0.2) is 0 Å². The van der Waals surface area contributed by atoms with Gasteiger partial charge in [0.2, 0.25) is 0 Å². The maximum Gasteiger partial charge on any atom is 0.0555 e. The summed E-state index contributed by atoms with van der Waals surface area (Å²) in [7, 11) is 0. The van der Waals surface area contributed by atoms with Crippen molar-refractivity contribution < 1.29 is 0 Å². The molecule has 0 radical (unpaired) electrons. The molecule has 21 heavy (non-hydrogen) atoms. The molecule has 1 N–H and O–H groups in total. The van der Waals surface area contributed by atoms with Crippen molar-refractivity contribution in [1.29, 1.82) is 0 Å². The number of benzene rings is 1. The molecule has 106 valence electrons. The Morgan fingerprint density at radius 3 is 2.81 bits per heavy atom. The molecule has 0 fully saturated rings. The fraction of sp³-hybridized carbons (Fsp3) is 0.278. The van der Waals surface area contributed by atoms with E-state index >= 15 is 0 Å². The van der Waals surface area contributed by atoms with Crippen molar-refractivity contribution in [2.75, 3.05) is 5.32 Å². The van der Waals surface area contributed by atoms with Crippen LogP contribution in [0.15, 0.2) is 48.8 Å². The number of rotatable bonds is 1. The van der Waals surface area contributed by atoms with E-state index in [9.17, 15) is 0 Å². The smallest absolute Gasteiger partial charge is 0.0555 e. The van der Waals surface area contributed by atoms with Crippen molar-refractivity contribution in [3.63, 3.8) is 0 Å². The molecular formula is C18H17ClN2. The number of hydrogen-bond donors (Lipinski definition) is 1. The van der Waals surface area contributed by atoms with E-state index in [1.165, 1.54) is 22.4 Å². The minimum Gasteiger partial charge on any atom is -0.377 e. The number of pyridine rings is 1. The summed E-state index contributed by atoms with van der Waals surface area (Å²) < 4.78 is 0. The van der Waals surface area contributed by atoms with Crippen molar-refractivity contribution in [3.05, 3.63) is 70.5 Å². The highest BCUT2D eigenvalue weighted by atomic mass is 35.5. The average Bonchev–Trinajstić information content (AvgIpc) is 3.00. The van der Waals surface area contributed by atoms with Crippen molar-refractivity contribution in [1.82, 2.24) is 4.98 Å². The largest absolute Gasteiger partial charge is 0.377 e. The molecule has 0 saturated carbocycles. The van der Waals surface area contributed by atoms with E-state index in [1.54, 1.807) is 0 Å². The van der Waals surface area contributed by atoms with Crippen LogP contribution in [0.1, 0.15) is 35.1 Å². The highest BCUT2D eigenvalue weighted by Crippen LogP contribution is 2.52. The lowest BCUT2D eigenvalue weighted by Gasteiger charge is -2.38. The fourth-order valence-corrected chi connectivity index (χ4v) is 3.99. The van der Waals surface area contributed by atoms with E-state index in [-0.39, 0.29) is 0 Å². The molecular weight excluding hydrogens is 280 g/mol. The third kappa shape index (κ3) is 1.97. The van der Waals surface area contributed by atoms with Gasteiger partial charge in [-0.1, -0.05) is 29.8 Å². The molecule has 3 unspecified atom stereocenters. The van der Waals surface area contributed by atoms with Crippen molar-refractivity contribution >= 4 is 17.3 Å². The monoisotopic (exact) mass is 296 g/mol. The van der Waals surface area contributed by atoms with Gasteiger partial charge in [-0.3, -0.25) is 4.98 Å². The Bertz CT molecular complexity index is 709. The zero-order valence-corrected chi connectivity index (χ0v) is 12.6. The number of hydrogen-bond acceptors (Lipinski definition) is 2. The predicted octanol–water partition coefficient (Wildman–Crippen LogP) is 4.87. The molecule has 1 aliphatic heterocycles. The summed E-state index contributed by atoms with van der Waals surface area (Å²) in [6.45, 7) is 2.14. The summed E-state index contributed by atoms with van der Waals surface area (Å²) in [4.78, 5) is 4.14. The molecule has 2 heterocycles. The van der Waals surface area contributed by atoms with E-state index in [4.69, 9.17) is 11.6 Å². The van der Waals surface area contributed by atoms with E-state index in [0.29, 0.717) is 17.9 Å². The van der Waals surface area contributed by atoms with Gasteiger partial charge in [0, 0.05) is 34.6 Å². The number of aromatic nitrogens is 1. The summed E-state index contributed by atoms with van der Waals surface area (Å²) in [6.07, 6.45) is 9.45. The summed E-state index contributed by atoms with van der Waals surface area (Å²) in [5, 5.41) is 4.61. The van der Waals surface area contributed by atoms with Crippen LogP contribution in [0, 0.1) is 12.8 Å². The SMILES string of the molecule is Cc1ccc(Cl)c2c1NC(c1ccncc1)C1CC=CC21. The molecule has 4 rings (SSSR count). The van der Waals surface area contributed by atoms with Crippen molar-refractivity contribution in [2.24, 2.45) is 5.92 Å². The topological polar surface area (TPSA) is 24.9 Å². The van der Waals surface area contributed by atoms with Crippen molar-refractivity contribution in [3.8, 4) is 0 Å². The standard InChI is InChI=1S/C18H17ClN2/c1-11-5-6-15(19)16-13-3-2-4-14(13)18(21-17(11)16)12-7-9-20-10-8-12/h2-3,5-10,13-14,18,21H,4H2,1H3. The average molecular weight is 297 g/mol. The van der Waals surface area contributed by atoms with E-state index in [2.05, 4.69) is 47.6 Å². The summed E-state index contributed by atoms with van der Waals surface area (Å²) >= 11 is 6.49. The second-order valence-corrected chi connectivity index (χ2v) is 6.32. The van der Waals surface area contributed by atoms with Gasteiger partial charge in [-0.05, 0) is 48.6 Å². The molecule has 3 heteroatoms. The van der Waals surface area contributed by atoms with Gasteiger partial charge in [0.25, 0.3) is 0 Å². The number of nitrogens with zero attached hydrogens (tertiary/aromatic N) is 1. The van der Waals surface area contributed by atoms with Crippen LogP contribution < -0.4 is 5.32 Å². The number of nitrogens with one attached hydrogen (secondary N) is 1. The molecule has 2 aromatic rings. The minimum atomic E-state index is 0.317. The molecule has 0 saturated heterocycles. The van der Waals surface area contributed by atoms with Gasteiger partial charge in [-0.25, -0.2) is 0 Å². The third-order valence-corrected chi connectivity index (χ3v) is 5.07. The lowest BCUT2D eigenvalue weighted by atomic mass is 9.76. The zero-order valence-electron chi connectivity index (χ0n) is 11.9. The van der Waals surface area contributed by atoms with Crippen LogP contribution in [0.4, 0.5) is 5.69 Å². The first-order valence-electron chi connectivity index (χ1n) is 7.38. The highest BCUT2D eigenvalue weighted by Gasteiger charge is 2.39. The first-order valence-corrected chi connectivity index (χ1v) is 7.75. The fourth-order valence-electron chi connectivity index (χ4n) is 3.71. The first kappa shape index (κ1) is 12.9. The normalized spacial score (nSPS) is 26.1. The summed E-state index contributed by atoms with van der Waals surface area (Å²) in [5.74, 6) is 0.936. The molecule has 0 amide bonds. The molecule has 0 spiro atoms. The maximum atomic E-state index is 6.49. The van der Waals surface area contributed by atoms with Crippen LogP contribution in [0.2, 0.25) is 5.02 Å². The van der Waals surface area contributed by atoms with Gasteiger partial charge in [-0.2, -0.15) is 0 Å². The van der Waals surface area contributed by atoms with E-state index < -0.39 is 0 Å². The molecule has 2 aliphatic rings. The number of aryl methyl sites for hydroxylation is 1. The molecule has 3 atom stereocenters. The van der Waals surface area contributed by atoms with Crippen LogP contribution in [0.25, 0.3) is 0 Å². The molecule has 0 bridgehead atoms. The Hall–Kier alpha value is -1.80. The highest BCUT2D eigenvalue weighted by molar-refractivity contribution is 6.32. The van der Waals surface area contributed by atoms with Crippen molar-refractivity contribution in [2.45, 2.75) is 25.3 Å². The molecule has 1 aliphatic carbocycles. The second kappa shape index (κ2) is 4.88. The van der Waals surface area contributed by atoms with Gasteiger partial charge in [0.1, 0.15) is 0 Å². The maximum absolute atomic E-state index is 6.49. The van der Waals surface area contributed by atoms with Crippen LogP contribution in [-0.2, 0) is 0 Å². The Kier molecular flexibility index (Phi) is 3.00. The Morgan fingerprint density at radius 1 is 1.19 bits per heavy atom. The van der Waals surface area contributed by atoms with Gasteiger partial charge >= 0.3 is 0 Å². The van der Waals surface area contributed by atoms with E-state index in [1.807, 2.05) is 18.5 Å². The molecule has 2 nitrogen and oxygen atoms in total. The molecule has 1 aromatic heterocycles. The third-order valence-electron chi connectivity index (χ3n) is 4.74. The van der Waals surface area contributed by atoms with E-state index in [0.717, 1.165) is 11.4 Å². The van der Waals surface area contributed by atoms with Gasteiger partial charge < -0.3 is 5.32 Å². The van der Waals surface area contributed by atoms with Crippen LogP contribution in [0.3, 0.4) is 0 Å². The minimum absolute atomic E-state index is 0.317. The van der Waals surface area contributed by atoms with Crippen LogP contribution in [0.5, 0.6) is 0 Å². The Labute approximate surface area is 129 Å². The number of allylic oxidation sites excluding steroid dienone is 2.